The predicted octanol–water partition coefficient (Wildman–Crippen LogP) is 3.56. The largest absolute Gasteiger partial charge is 0.490 e. The van der Waals surface area contributed by atoms with E-state index in [-0.39, 0.29) is 17.3 Å². The van der Waals surface area contributed by atoms with Gasteiger partial charge in [-0.1, -0.05) is 12.1 Å². The lowest BCUT2D eigenvalue weighted by Crippen LogP contribution is -2.27. The lowest BCUT2D eigenvalue weighted by atomic mass is 10.2. The van der Waals surface area contributed by atoms with Gasteiger partial charge in [-0.15, -0.1) is 23.1 Å². The Balaban J connectivity index is 1.86. The molecule has 0 aliphatic heterocycles. The number of carbonyl (C=O) groups excluding carboxylic acids is 1. The molecule has 24 heavy (non-hydrogen) atoms. The van der Waals surface area contributed by atoms with E-state index in [9.17, 15) is 14.9 Å². The van der Waals surface area contributed by atoms with Crippen LogP contribution in [0.1, 0.15) is 10.4 Å². The van der Waals surface area contributed by atoms with Gasteiger partial charge in [0.1, 0.15) is 0 Å². The fraction of sp³-hybridized carbons (Fsp3) is 0.312. The highest BCUT2D eigenvalue weighted by Crippen LogP contribution is 2.29. The van der Waals surface area contributed by atoms with Crippen LogP contribution in [0.25, 0.3) is 0 Å². The van der Waals surface area contributed by atoms with Crippen molar-refractivity contribution >= 4 is 34.7 Å². The summed E-state index contributed by atoms with van der Waals surface area (Å²) in [5.74, 6) is 1.14. The van der Waals surface area contributed by atoms with Crippen molar-refractivity contribution in [2.24, 2.45) is 0 Å². The van der Waals surface area contributed by atoms with Gasteiger partial charge in [0.05, 0.1) is 24.3 Å². The Morgan fingerprint density at radius 2 is 2.21 bits per heavy atom. The highest BCUT2D eigenvalue weighted by Gasteiger charge is 2.15. The van der Waals surface area contributed by atoms with Crippen molar-refractivity contribution in [3.63, 3.8) is 0 Å². The first kappa shape index (κ1) is 18.3. The molecular weight excluding hydrogens is 348 g/mol. The molecule has 0 radical (unpaired) electrons. The summed E-state index contributed by atoms with van der Waals surface area (Å²) < 4.78 is 4.98. The van der Waals surface area contributed by atoms with Crippen molar-refractivity contribution in [3.8, 4) is 5.75 Å². The normalized spacial score (nSPS) is 10.4. The molecule has 0 aliphatic carbocycles. The maximum absolute atomic E-state index is 12.1. The summed E-state index contributed by atoms with van der Waals surface area (Å²) >= 11 is 3.06. The summed E-state index contributed by atoms with van der Waals surface area (Å²) in [6.07, 6.45) is 0. The van der Waals surface area contributed by atoms with Crippen LogP contribution in [0.3, 0.4) is 0 Å². The summed E-state index contributed by atoms with van der Waals surface area (Å²) in [7, 11) is 3.18. The molecule has 0 atom stereocenters. The standard InChI is InChI=1S/C16H18N2O4S2/c1-17(9-13-4-3-7-24-13)16(19)11-23-10-12-5-6-15(22-2)14(8-12)18(20)21/h3-8H,9-11H2,1-2H3. The van der Waals surface area contributed by atoms with Crippen molar-refractivity contribution in [2.75, 3.05) is 19.9 Å². The Labute approximate surface area is 148 Å². The van der Waals surface area contributed by atoms with Gasteiger partial charge in [-0.05, 0) is 23.1 Å². The number of carbonyl (C=O) groups is 1. The molecule has 2 rings (SSSR count). The number of nitro benzene ring substituents is 1. The van der Waals surface area contributed by atoms with Gasteiger partial charge in [0, 0.05) is 23.7 Å². The number of thioether (sulfide) groups is 1. The molecule has 0 fully saturated rings. The first-order valence-corrected chi connectivity index (χ1v) is 9.20. The molecule has 1 amide bonds. The van der Waals surface area contributed by atoms with Crippen LogP contribution in [0.2, 0.25) is 0 Å². The van der Waals surface area contributed by atoms with Crippen LogP contribution in [0.15, 0.2) is 35.7 Å². The molecule has 0 unspecified atom stereocenters. The van der Waals surface area contributed by atoms with Crippen molar-refractivity contribution < 1.29 is 14.5 Å². The van der Waals surface area contributed by atoms with Crippen LogP contribution in [-0.4, -0.2) is 35.6 Å². The Bertz CT molecular complexity index is 704. The number of methoxy groups -OCH3 is 1. The molecule has 0 saturated heterocycles. The lowest BCUT2D eigenvalue weighted by Gasteiger charge is -2.16. The summed E-state index contributed by atoms with van der Waals surface area (Å²) in [6.45, 7) is 0.602. The molecule has 0 N–H and O–H groups in total. The van der Waals surface area contributed by atoms with E-state index in [0.29, 0.717) is 18.1 Å². The number of thiophene rings is 1. The van der Waals surface area contributed by atoms with Gasteiger partial charge in [-0.25, -0.2) is 0 Å². The topological polar surface area (TPSA) is 72.7 Å². The van der Waals surface area contributed by atoms with Crippen LogP contribution in [-0.2, 0) is 17.1 Å². The number of benzene rings is 1. The van der Waals surface area contributed by atoms with E-state index in [1.165, 1.54) is 24.9 Å². The molecule has 0 bridgehead atoms. The highest BCUT2D eigenvalue weighted by molar-refractivity contribution is 7.99. The minimum atomic E-state index is -0.465. The van der Waals surface area contributed by atoms with Gasteiger partial charge in [-0.3, -0.25) is 14.9 Å². The number of rotatable bonds is 8. The fourth-order valence-electron chi connectivity index (χ4n) is 2.06. The van der Waals surface area contributed by atoms with Gasteiger partial charge >= 0.3 is 5.69 Å². The average Bonchev–Trinajstić information content (AvgIpc) is 3.07. The number of nitro groups is 1. The van der Waals surface area contributed by atoms with Gasteiger partial charge in [0.15, 0.2) is 5.75 Å². The Hall–Kier alpha value is -2.06. The SMILES string of the molecule is COc1ccc(CSCC(=O)N(C)Cc2cccs2)cc1[N+](=O)[O-]. The Morgan fingerprint density at radius 3 is 2.83 bits per heavy atom. The van der Waals surface area contributed by atoms with E-state index in [2.05, 4.69) is 0 Å². The molecule has 8 heteroatoms. The summed E-state index contributed by atoms with van der Waals surface area (Å²) in [5, 5.41) is 13.0. The summed E-state index contributed by atoms with van der Waals surface area (Å²) in [5.41, 5.74) is 0.734. The van der Waals surface area contributed by atoms with Gasteiger partial charge < -0.3 is 9.64 Å². The van der Waals surface area contributed by atoms with E-state index in [1.54, 1.807) is 35.4 Å². The zero-order chi connectivity index (χ0) is 17.5. The van der Waals surface area contributed by atoms with Crippen molar-refractivity contribution in [2.45, 2.75) is 12.3 Å². The molecule has 0 spiro atoms. The average molecular weight is 366 g/mol. The molecule has 1 aromatic heterocycles. The number of hydrogen-bond donors (Lipinski definition) is 0. The maximum atomic E-state index is 12.1. The Morgan fingerprint density at radius 1 is 1.42 bits per heavy atom. The third-order valence-corrected chi connectivity index (χ3v) is 5.18. The third kappa shape index (κ3) is 4.97. The summed E-state index contributed by atoms with van der Waals surface area (Å²) in [6, 6.07) is 8.81. The number of amides is 1. The maximum Gasteiger partial charge on any atom is 0.311 e. The molecular formula is C16H18N2O4S2. The smallest absolute Gasteiger partial charge is 0.311 e. The van der Waals surface area contributed by atoms with Crippen LogP contribution in [0.5, 0.6) is 5.75 Å². The first-order chi connectivity index (χ1) is 11.5. The molecule has 128 valence electrons. The van der Waals surface area contributed by atoms with E-state index in [1.807, 2.05) is 17.5 Å². The molecule has 1 aromatic carbocycles. The molecule has 1 heterocycles. The van der Waals surface area contributed by atoms with Crippen molar-refractivity contribution in [3.05, 3.63) is 56.3 Å². The van der Waals surface area contributed by atoms with Crippen LogP contribution >= 0.6 is 23.1 Å². The number of hydrogen-bond acceptors (Lipinski definition) is 6. The monoisotopic (exact) mass is 366 g/mol. The number of nitrogens with zero attached hydrogens (tertiary/aromatic N) is 2. The fourth-order valence-corrected chi connectivity index (χ4v) is 3.73. The second kappa shape index (κ2) is 8.70. The van der Waals surface area contributed by atoms with Crippen molar-refractivity contribution in [1.82, 2.24) is 4.90 Å². The second-order valence-electron chi connectivity index (χ2n) is 5.09. The molecule has 0 aliphatic rings. The van der Waals surface area contributed by atoms with Gasteiger partial charge in [-0.2, -0.15) is 0 Å². The molecule has 6 nitrogen and oxygen atoms in total. The highest BCUT2D eigenvalue weighted by atomic mass is 32.2. The quantitative estimate of drug-likeness (QED) is 0.528. The van der Waals surface area contributed by atoms with E-state index in [4.69, 9.17) is 4.74 Å². The van der Waals surface area contributed by atoms with E-state index >= 15 is 0 Å². The predicted molar refractivity (Wildman–Crippen MR) is 96.6 cm³/mol. The minimum absolute atomic E-state index is 0.0383. The van der Waals surface area contributed by atoms with E-state index < -0.39 is 4.92 Å². The summed E-state index contributed by atoms with van der Waals surface area (Å²) in [4.78, 5) is 25.5. The molecule has 2 aromatic rings. The van der Waals surface area contributed by atoms with Crippen LogP contribution in [0, 0.1) is 10.1 Å². The first-order valence-electron chi connectivity index (χ1n) is 7.16. The third-order valence-electron chi connectivity index (χ3n) is 3.33. The van der Waals surface area contributed by atoms with Crippen molar-refractivity contribution in [1.29, 1.82) is 0 Å². The number of ether oxygens (including phenoxy) is 1. The van der Waals surface area contributed by atoms with Gasteiger partial charge in [0.25, 0.3) is 0 Å². The van der Waals surface area contributed by atoms with Crippen LogP contribution < -0.4 is 4.74 Å². The lowest BCUT2D eigenvalue weighted by molar-refractivity contribution is -0.385. The van der Waals surface area contributed by atoms with Gasteiger partial charge in [0.2, 0.25) is 5.91 Å². The zero-order valence-electron chi connectivity index (χ0n) is 13.4. The molecule has 0 saturated carbocycles. The zero-order valence-corrected chi connectivity index (χ0v) is 15.1. The van der Waals surface area contributed by atoms with Crippen LogP contribution in [0.4, 0.5) is 5.69 Å². The minimum Gasteiger partial charge on any atom is -0.490 e. The van der Waals surface area contributed by atoms with E-state index in [0.717, 1.165) is 10.4 Å². The Kier molecular flexibility index (Phi) is 6.62. The second-order valence-corrected chi connectivity index (χ2v) is 7.10.